The fraction of sp³-hybridized carbons (Fsp3) is 0.667. The molecule has 1 spiro atoms. The molecular formula is C27H39N3O5. The van der Waals surface area contributed by atoms with Gasteiger partial charge < -0.3 is 25.4 Å². The lowest BCUT2D eigenvalue weighted by Crippen LogP contribution is -2.56. The molecule has 3 fully saturated rings. The Labute approximate surface area is 207 Å². The molecular weight excluding hydrogens is 446 g/mol. The monoisotopic (exact) mass is 485 g/mol. The van der Waals surface area contributed by atoms with Gasteiger partial charge in [0.1, 0.15) is 11.6 Å². The number of hydrogen-bond donors (Lipinski definition) is 3. The number of amides is 3. The lowest BCUT2D eigenvalue weighted by molar-refractivity contribution is -0.148. The molecule has 192 valence electrons. The number of nitrogens with zero attached hydrogens (tertiary/aromatic N) is 1. The molecule has 6 atom stereocenters. The lowest BCUT2D eigenvalue weighted by atomic mass is 9.65. The topological polar surface area (TPSA) is 108 Å². The first-order chi connectivity index (χ1) is 16.8. The van der Waals surface area contributed by atoms with Crippen LogP contribution in [0.2, 0.25) is 0 Å². The summed E-state index contributed by atoms with van der Waals surface area (Å²) in [7, 11) is 0. The van der Waals surface area contributed by atoms with Crippen molar-refractivity contribution in [1.82, 2.24) is 15.5 Å². The Kier molecular flexibility index (Phi) is 7.52. The third-order valence-corrected chi connectivity index (χ3v) is 8.19. The highest BCUT2D eigenvalue weighted by molar-refractivity contribution is 5.99. The fourth-order valence-corrected chi connectivity index (χ4v) is 6.62. The Morgan fingerprint density at radius 1 is 1.20 bits per heavy atom. The molecule has 35 heavy (non-hydrogen) atoms. The van der Waals surface area contributed by atoms with Crippen LogP contribution in [0.25, 0.3) is 0 Å². The Morgan fingerprint density at radius 3 is 2.60 bits per heavy atom. The van der Waals surface area contributed by atoms with Gasteiger partial charge in [-0.1, -0.05) is 50.6 Å². The lowest BCUT2D eigenvalue weighted by Gasteiger charge is -2.34. The zero-order valence-corrected chi connectivity index (χ0v) is 21.1. The van der Waals surface area contributed by atoms with Gasteiger partial charge in [0, 0.05) is 25.7 Å². The van der Waals surface area contributed by atoms with E-state index < -0.39 is 29.1 Å². The first-order valence-corrected chi connectivity index (χ1v) is 13.1. The summed E-state index contributed by atoms with van der Waals surface area (Å²) in [5.74, 6) is -1.99. The summed E-state index contributed by atoms with van der Waals surface area (Å²) in [4.78, 5) is 42.6. The number of aliphatic hydroxyl groups is 1. The Morgan fingerprint density at radius 2 is 1.94 bits per heavy atom. The van der Waals surface area contributed by atoms with E-state index in [-0.39, 0.29) is 36.9 Å². The molecule has 3 heterocycles. The third-order valence-electron chi connectivity index (χ3n) is 8.19. The third kappa shape index (κ3) is 4.35. The molecule has 0 aromatic heterocycles. The largest absolute Gasteiger partial charge is 0.396 e. The number of likely N-dealkylation sites (tertiary alicyclic amines) is 1. The van der Waals surface area contributed by atoms with Crippen LogP contribution in [0.3, 0.4) is 0 Å². The number of aliphatic hydroxyl groups excluding tert-OH is 1. The second-order valence-corrected chi connectivity index (χ2v) is 10.3. The van der Waals surface area contributed by atoms with Crippen molar-refractivity contribution in [3.05, 3.63) is 35.9 Å². The molecule has 3 unspecified atom stereocenters. The second-order valence-electron chi connectivity index (χ2n) is 10.3. The number of ether oxygens (including phenoxy) is 1. The first-order valence-electron chi connectivity index (χ1n) is 13.1. The SMILES string of the molecule is CCCC(C)NC(=O)C1N(CCCO)C(=O)[C@@H]2[C@@H](C(=O)NCc3ccccc3)[C@@]3(CC)CCC12O3. The van der Waals surface area contributed by atoms with E-state index in [2.05, 4.69) is 17.6 Å². The van der Waals surface area contributed by atoms with Crippen LogP contribution in [0.4, 0.5) is 0 Å². The van der Waals surface area contributed by atoms with E-state index in [1.807, 2.05) is 44.2 Å². The van der Waals surface area contributed by atoms with Crippen LogP contribution in [0.5, 0.6) is 0 Å². The molecule has 8 heteroatoms. The van der Waals surface area contributed by atoms with Crippen molar-refractivity contribution in [2.75, 3.05) is 13.2 Å². The highest BCUT2D eigenvalue weighted by Gasteiger charge is 2.78. The summed E-state index contributed by atoms with van der Waals surface area (Å²) >= 11 is 0. The quantitative estimate of drug-likeness (QED) is 0.445. The molecule has 4 rings (SSSR count). The molecule has 2 bridgehead atoms. The fourth-order valence-electron chi connectivity index (χ4n) is 6.62. The minimum absolute atomic E-state index is 0.0264. The van der Waals surface area contributed by atoms with Crippen LogP contribution >= 0.6 is 0 Å². The van der Waals surface area contributed by atoms with Gasteiger partial charge in [0.2, 0.25) is 17.7 Å². The van der Waals surface area contributed by atoms with E-state index in [1.54, 1.807) is 4.90 Å². The van der Waals surface area contributed by atoms with Crippen LogP contribution in [-0.4, -0.2) is 64.2 Å². The maximum atomic E-state index is 13.9. The van der Waals surface area contributed by atoms with E-state index in [4.69, 9.17) is 4.74 Å². The van der Waals surface area contributed by atoms with Gasteiger partial charge in [0.05, 0.1) is 17.4 Å². The highest BCUT2D eigenvalue weighted by atomic mass is 16.5. The molecule has 1 aromatic carbocycles. The zero-order chi connectivity index (χ0) is 25.2. The van der Waals surface area contributed by atoms with Crippen LogP contribution in [-0.2, 0) is 25.7 Å². The normalized spacial score (nSPS) is 31.9. The highest BCUT2D eigenvalue weighted by Crippen LogP contribution is 2.64. The molecule has 1 aromatic rings. The van der Waals surface area contributed by atoms with Crippen LogP contribution in [0, 0.1) is 11.8 Å². The van der Waals surface area contributed by atoms with Gasteiger partial charge in [-0.05, 0) is 44.6 Å². The average molecular weight is 486 g/mol. The molecule has 8 nitrogen and oxygen atoms in total. The van der Waals surface area contributed by atoms with E-state index >= 15 is 0 Å². The van der Waals surface area contributed by atoms with Gasteiger partial charge >= 0.3 is 0 Å². The molecule has 3 N–H and O–H groups in total. The molecule has 3 amide bonds. The maximum absolute atomic E-state index is 13.9. The van der Waals surface area contributed by atoms with Gasteiger partial charge in [-0.3, -0.25) is 14.4 Å². The number of rotatable bonds is 11. The van der Waals surface area contributed by atoms with Gasteiger partial charge in [-0.15, -0.1) is 0 Å². The van der Waals surface area contributed by atoms with Gasteiger partial charge in [0.15, 0.2) is 0 Å². The van der Waals surface area contributed by atoms with E-state index in [0.29, 0.717) is 32.2 Å². The smallest absolute Gasteiger partial charge is 0.246 e. The summed E-state index contributed by atoms with van der Waals surface area (Å²) in [6.07, 6.45) is 3.94. The predicted molar refractivity (Wildman–Crippen MR) is 131 cm³/mol. The molecule has 3 aliphatic rings. The predicted octanol–water partition coefficient (Wildman–Crippen LogP) is 2.14. The summed E-state index contributed by atoms with van der Waals surface area (Å²) in [6.45, 7) is 6.57. The summed E-state index contributed by atoms with van der Waals surface area (Å²) < 4.78 is 6.72. The number of benzene rings is 1. The molecule has 0 radical (unpaired) electrons. The molecule has 0 aliphatic carbocycles. The van der Waals surface area contributed by atoms with Crippen molar-refractivity contribution in [2.45, 2.75) is 89.1 Å². The van der Waals surface area contributed by atoms with Crippen LogP contribution in [0.15, 0.2) is 30.3 Å². The Hall–Kier alpha value is -2.45. The van der Waals surface area contributed by atoms with Crippen molar-refractivity contribution >= 4 is 17.7 Å². The van der Waals surface area contributed by atoms with E-state index in [9.17, 15) is 19.5 Å². The van der Waals surface area contributed by atoms with Crippen LogP contribution in [0.1, 0.15) is 64.9 Å². The Bertz CT molecular complexity index is 940. The first kappa shape index (κ1) is 25.6. The minimum atomic E-state index is -1.02. The van der Waals surface area contributed by atoms with Gasteiger partial charge in [-0.2, -0.15) is 0 Å². The van der Waals surface area contributed by atoms with Gasteiger partial charge in [0.25, 0.3) is 0 Å². The van der Waals surface area contributed by atoms with Crippen molar-refractivity contribution in [1.29, 1.82) is 0 Å². The average Bonchev–Trinajstić information content (AvgIpc) is 3.45. The van der Waals surface area contributed by atoms with Crippen LogP contribution < -0.4 is 10.6 Å². The number of carbonyl (C=O) groups is 3. The Balaban J connectivity index is 1.65. The molecule has 3 aliphatic heterocycles. The summed E-state index contributed by atoms with van der Waals surface area (Å²) in [5, 5.41) is 15.6. The maximum Gasteiger partial charge on any atom is 0.246 e. The number of carbonyl (C=O) groups excluding carboxylic acids is 3. The van der Waals surface area contributed by atoms with Crippen molar-refractivity contribution in [3.63, 3.8) is 0 Å². The van der Waals surface area contributed by atoms with E-state index in [0.717, 1.165) is 18.4 Å². The van der Waals surface area contributed by atoms with Gasteiger partial charge in [-0.25, -0.2) is 0 Å². The number of hydrogen-bond acceptors (Lipinski definition) is 5. The summed E-state index contributed by atoms with van der Waals surface area (Å²) in [5.41, 5.74) is -0.792. The molecule has 0 saturated carbocycles. The minimum Gasteiger partial charge on any atom is -0.396 e. The standard InChI is InChI=1S/C27H39N3O5/c1-4-10-18(3)29-24(33)22-27-14-13-26(5-2,35-27)20(21(27)25(34)30(22)15-9-16-31)23(32)28-17-19-11-7-6-8-12-19/h6-8,11-12,18,20-22,31H,4-5,9-10,13-17H2,1-3H3,(H,28,32)(H,29,33)/t18?,20-,21-,22?,26+,27?/m0/s1. The van der Waals surface area contributed by atoms with E-state index in [1.165, 1.54) is 0 Å². The zero-order valence-electron chi connectivity index (χ0n) is 21.1. The van der Waals surface area contributed by atoms with Crippen molar-refractivity contribution in [3.8, 4) is 0 Å². The second kappa shape index (κ2) is 10.3. The van der Waals surface area contributed by atoms with Crippen molar-refractivity contribution < 1.29 is 24.2 Å². The number of fused-ring (bicyclic) bond motifs is 1. The van der Waals surface area contributed by atoms with Crippen molar-refractivity contribution in [2.24, 2.45) is 11.8 Å². The summed E-state index contributed by atoms with van der Waals surface area (Å²) in [6, 6.07) is 8.84. The number of nitrogens with one attached hydrogen (secondary N) is 2. The molecule has 3 saturated heterocycles.